The zero-order valence-electron chi connectivity index (χ0n) is 14.2. The largest absolute Gasteiger partial charge is 0.459 e. The number of hydrogen-bond donors (Lipinski definition) is 2. The van der Waals surface area contributed by atoms with Crippen molar-refractivity contribution in [2.45, 2.75) is 6.54 Å². The van der Waals surface area contributed by atoms with E-state index >= 15 is 0 Å². The number of hydrogen-bond acceptors (Lipinski definition) is 3. The Hall–Kier alpha value is -3.12. The molecule has 0 aliphatic rings. The minimum atomic E-state index is -0.647. The van der Waals surface area contributed by atoms with E-state index in [0.29, 0.717) is 16.5 Å². The molecule has 0 aliphatic heterocycles. The summed E-state index contributed by atoms with van der Waals surface area (Å²) in [6.07, 6.45) is 0. The summed E-state index contributed by atoms with van der Waals surface area (Å²) in [6.45, 7) is -0.0973. The fourth-order valence-corrected chi connectivity index (χ4v) is 2.52. The molecule has 0 spiro atoms. The van der Waals surface area contributed by atoms with Crippen molar-refractivity contribution in [3.63, 3.8) is 0 Å². The number of carbonyl (C=O) groups is 2. The smallest absolute Gasteiger partial charge is 0.254 e. The van der Waals surface area contributed by atoms with Gasteiger partial charge in [0.2, 0.25) is 5.91 Å². The van der Waals surface area contributed by atoms with Crippen LogP contribution in [0.2, 0.25) is 5.02 Å². The van der Waals surface area contributed by atoms with E-state index in [9.17, 15) is 14.0 Å². The fourth-order valence-electron chi connectivity index (χ4n) is 2.39. The monoisotopic (exact) mass is 386 g/mol. The van der Waals surface area contributed by atoms with Crippen LogP contribution in [-0.4, -0.2) is 18.4 Å². The molecule has 0 atom stereocenters. The van der Waals surface area contributed by atoms with E-state index in [2.05, 4.69) is 10.6 Å². The van der Waals surface area contributed by atoms with Crippen LogP contribution in [0.15, 0.2) is 65.1 Å². The van der Waals surface area contributed by atoms with Crippen LogP contribution in [-0.2, 0) is 11.3 Å². The van der Waals surface area contributed by atoms with Gasteiger partial charge >= 0.3 is 0 Å². The molecule has 1 heterocycles. The van der Waals surface area contributed by atoms with E-state index < -0.39 is 17.6 Å². The average Bonchev–Trinajstić information content (AvgIpc) is 3.14. The normalized spacial score (nSPS) is 10.4. The highest BCUT2D eigenvalue weighted by Gasteiger charge is 2.12. The Bertz CT molecular complexity index is 954. The summed E-state index contributed by atoms with van der Waals surface area (Å²) in [4.78, 5) is 23.7. The Morgan fingerprint density at radius 3 is 2.44 bits per heavy atom. The molecule has 2 amide bonds. The van der Waals surface area contributed by atoms with Gasteiger partial charge in [-0.15, -0.1) is 0 Å². The van der Waals surface area contributed by atoms with Crippen LogP contribution >= 0.6 is 11.6 Å². The number of nitrogens with one attached hydrogen (secondary N) is 2. The molecule has 138 valence electrons. The molecule has 0 saturated heterocycles. The third kappa shape index (κ3) is 4.95. The highest BCUT2D eigenvalue weighted by atomic mass is 35.5. The van der Waals surface area contributed by atoms with E-state index in [-0.39, 0.29) is 18.7 Å². The Balaban J connectivity index is 1.49. The van der Waals surface area contributed by atoms with E-state index in [1.54, 1.807) is 30.3 Å². The van der Waals surface area contributed by atoms with Gasteiger partial charge in [-0.1, -0.05) is 23.7 Å². The van der Waals surface area contributed by atoms with Gasteiger partial charge in [-0.05, 0) is 48.5 Å². The van der Waals surface area contributed by atoms with Crippen LogP contribution in [0.1, 0.15) is 16.1 Å². The second-order valence-corrected chi connectivity index (χ2v) is 6.15. The molecule has 0 unspecified atom stereocenters. The van der Waals surface area contributed by atoms with Crippen LogP contribution in [0.5, 0.6) is 0 Å². The molecule has 1 aromatic heterocycles. The first kappa shape index (κ1) is 18.7. The third-order valence-corrected chi connectivity index (χ3v) is 4.03. The fraction of sp³-hybridized carbons (Fsp3) is 0.100. The third-order valence-electron chi connectivity index (χ3n) is 3.78. The summed E-state index contributed by atoms with van der Waals surface area (Å²) in [7, 11) is 0. The van der Waals surface area contributed by atoms with Gasteiger partial charge in [0, 0.05) is 10.6 Å². The highest BCUT2D eigenvalue weighted by molar-refractivity contribution is 6.30. The summed E-state index contributed by atoms with van der Waals surface area (Å²) < 4.78 is 19.2. The van der Waals surface area contributed by atoms with Crippen molar-refractivity contribution in [2.24, 2.45) is 0 Å². The van der Waals surface area contributed by atoms with Gasteiger partial charge in [0.15, 0.2) is 0 Å². The molecule has 7 heteroatoms. The van der Waals surface area contributed by atoms with Gasteiger partial charge in [0.25, 0.3) is 5.91 Å². The summed E-state index contributed by atoms with van der Waals surface area (Å²) in [6, 6.07) is 16.3. The Morgan fingerprint density at radius 1 is 0.963 bits per heavy atom. The average molecular weight is 387 g/mol. The predicted molar refractivity (Wildman–Crippen MR) is 99.7 cm³/mol. The maximum Gasteiger partial charge on any atom is 0.254 e. The van der Waals surface area contributed by atoms with E-state index in [1.807, 2.05) is 12.1 Å². The van der Waals surface area contributed by atoms with Crippen molar-refractivity contribution >= 4 is 23.4 Å². The molecule has 0 fully saturated rings. The second-order valence-electron chi connectivity index (χ2n) is 5.71. The molecular weight excluding hydrogens is 371 g/mol. The van der Waals surface area contributed by atoms with Gasteiger partial charge in [-0.2, -0.15) is 0 Å². The Kier molecular flexibility index (Phi) is 5.88. The maximum absolute atomic E-state index is 13.5. The summed E-state index contributed by atoms with van der Waals surface area (Å²) >= 11 is 5.86. The van der Waals surface area contributed by atoms with Crippen molar-refractivity contribution in [3.8, 4) is 11.3 Å². The quantitative estimate of drug-likeness (QED) is 0.677. The number of furan rings is 1. The first-order valence-electron chi connectivity index (χ1n) is 8.17. The molecule has 3 aromatic rings. The molecular formula is C20H16ClFN2O3. The molecule has 2 N–H and O–H groups in total. The van der Waals surface area contributed by atoms with Crippen LogP contribution in [0, 0.1) is 5.82 Å². The number of amides is 2. The molecule has 3 rings (SSSR count). The lowest BCUT2D eigenvalue weighted by Gasteiger charge is -2.06. The van der Waals surface area contributed by atoms with Crippen molar-refractivity contribution in [3.05, 3.63) is 82.8 Å². The number of carbonyl (C=O) groups excluding carboxylic acids is 2. The number of halogens is 2. The summed E-state index contributed by atoms with van der Waals surface area (Å²) in [5, 5.41) is 5.64. The lowest BCUT2D eigenvalue weighted by Crippen LogP contribution is -2.36. The van der Waals surface area contributed by atoms with Gasteiger partial charge in [-0.25, -0.2) is 4.39 Å². The lowest BCUT2D eigenvalue weighted by molar-refractivity contribution is -0.120. The van der Waals surface area contributed by atoms with Gasteiger partial charge < -0.3 is 15.1 Å². The molecule has 0 aliphatic carbocycles. The van der Waals surface area contributed by atoms with Gasteiger partial charge in [-0.3, -0.25) is 9.59 Å². The minimum Gasteiger partial charge on any atom is -0.459 e. The predicted octanol–water partition coefficient (Wildman–Crippen LogP) is 3.79. The zero-order chi connectivity index (χ0) is 19.2. The summed E-state index contributed by atoms with van der Waals surface area (Å²) in [5.41, 5.74) is 0.762. The van der Waals surface area contributed by atoms with Crippen LogP contribution < -0.4 is 10.6 Å². The topological polar surface area (TPSA) is 71.3 Å². The Labute approximate surface area is 160 Å². The SMILES string of the molecule is O=C(CNC(=O)c1ccccc1F)NCc1ccc(-c2ccc(Cl)cc2)o1. The lowest BCUT2D eigenvalue weighted by atomic mass is 10.2. The van der Waals surface area contributed by atoms with E-state index in [4.69, 9.17) is 16.0 Å². The van der Waals surface area contributed by atoms with Crippen molar-refractivity contribution in [1.82, 2.24) is 10.6 Å². The highest BCUT2D eigenvalue weighted by Crippen LogP contribution is 2.23. The van der Waals surface area contributed by atoms with Crippen LogP contribution in [0.4, 0.5) is 4.39 Å². The van der Waals surface area contributed by atoms with Crippen molar-refractivity contribution in [1.29, 1.82) is 0 Å². The maximum atomic E-state index is 13.5. The molecule has 5 nitrogen and oxygen atoms in total. The molecule has 0 bridgehead atoms. The van der Waals surface area contributed by atoms with Crippen LogP contribution in [0.3, 0.4) is 0 Å². The Morgan fingerprint density at radius 2 is 1.70 bits per heavy atom. The van der Waals surface area contributed by atoms with Crippen molar-refractivity contribution < 1.29 is 18.4 Å². The first-order chi connectivity index (χ1) is 13.0. The molecule has 2 aromatic carbocycles. The minimum absolute atomic E-state index is 0.107. The van der Waals surface area contributed by atoms with Crippen LogP contribution in [0.25, 0.3) is 11.3 Å². The van der Waals surface area contributed by atoms with E-state index in [1.165, 1.54) is 18.2 Å². The molecule has 0 radical (unpaired) electrons. The van der Waals surface area contributed by atoms with Gasteiger partial charge in [0.1, 0.15) is 17.3 Å². The standard InChI is InChI=1S/C20H16ClFN2O3/c21-14-7-5-13(6-8-14)18-10-9-15(27-18)11-23-19(25)12-24-20(26)16-3-1-2-4-17(16)22/h1-10H,11-12H2,(H,23,25)(H,24,26). The van der Waals surface area contributed by atoms with E-state index in [0.717, 1.165) is 5.56 Å². The molecule has 27 heavy (non-hydrogen) atoms. The first-order valence-corrected chi connectivity index (χ1v) is 8.55. The summed E-state index contributed by atoms with van der Waals surface area (Å²) in [5.74, 6) is -0.478. The van der Waals surface area contributed by atoms with Crippen molar-refractivity contribution in [2.75, 3.05) is 6.54 Å². The zero-order valence-corrected chi connectivity index (χ0v) is 14.9. The number of benzene rings is 2. The second kappa shape index (κ2) is 8.51. The van der Waals surface area contributed by atoms with Gasteiger partial charge in [0.05, 0.1) is 18.7 Å². The molecule has 0 saturated carbocycles. The number of rotatable bonds is 6.